The molecule has 0 fully saturated rings. The Balaban J connectivity index is 1.91. The first kappa shape index (κ1) is 21.1. The summed E-state index contributed by atoms with van der Waals surface area (Å²) in [7, 11) is 3.07. The van der Waals surface area contributed by atoms with Gasteiger partial charge in [-0.2, -0.15) is 0 Å². The van der Waals surface area contributed by atoms with E-state index >= 15 is 0 Å². The van der Waals surface area contributed by atoms with Gasteiger partial charge in [0.2, 0.25) is 0 Å². The monoisotopic (exact) mass is 443 g/mol. The van der Waals surface area contributed by atoms with E-state index in [4.69, 9.17) is 21.1 Å². The molecule has 3 aromatic carbocycles. The molecule has 1 heterocycles. The quantitative estimate of drug-likeness (QED) is 0.540. The van der Waals surface area contributed by atoms with Crippen LogP contribution < -0.4 is 9.47 Å². The highest BCUT2D eigenvalue weighted by atomic mass is 35.5. The predicted octanol–water partition coefficient (Wildman–Crippen LogP) is 5.42. The number of hydrogen-bond donors (Lipinski definition) is 0. The van der Waals surface area contributed by atoms with Crippen LogP contribution in [0, 0.1) is 11.6 Å². The lowest BCUT2D eigenvalue weighted by Crippen LogP contribution is -2.41. The van der Waals surface area contributed by atoms with Crippen LogP contribution in [0.2, 0.25) is 5.02 Å². The van der Waals surface area contributed by atoms with E-state index in [-0.39, 0.29) is 6.54 Å². The summed E-state index contributed by atoms with van der Waals surface area (Å²) in [6, 6.07) is 13.5. The molecule has 0 spiro atoms. The van der Waals surface area contributed by atoms with Gasteiger partial charge in [0, 0.05) is 11.6 Å². The van der Waals surface area contributed by atoms with Gasteiger partial charge in [0.1, 0.15) is 17.2 Å². The number of ether oxygens (including phenoxy) is 2. The van der Waals surface area contributed by atoms with E-state index in [2.05, 4.69) is 0 Å². The van der Waals surface area contributed by atoms with Gasteiger partial charge in [-0.15, -0.1) is 0 Å². The first-order chi connectivity index (χ1) is 15.0. The Hall–Kier alpha value is -3.12. The Morgan fingerprint density at radius 2 is 1.61 bits per heavy atom. The van der Waals surface area contributed by atoms with Crippen molar-refractivity contribution in [2.24, 2.45) is 0 Å². The maximum absolute atomic E-state index is 14.4. The molecule has 0 bridgehead atoms. The molecule has 3 aromatic rings. The fourth-order valence-electron chi connectivity index (χ4n) is 4.04. The van der Waals surface area contributed by atoms with E-state index in [0.717, 1.165) is 23.3 Å². The molecule has 4 nitrogen and oxygen atoms in total. The molecule has 0 radical (unpaired) electrons. The molecule has 1 amide bonds. The summed E-state index contributed by atoms with van der Waals surface area (Å²) in [4.78, 5) is 14.8. The number of amides is 1. The normalized spacial score (nSPS) is 15.4. The molecule has 0 aliphatic carbocycles. The lowest BCUT2D eigenvalue weighted by atomic mass is 9.87. The average molecular weight is 444 g/mol. The SMILES string of the molecule is COc1cc2c(cc1OC)[C@H](c1ccccc1Cl)N(C(=O)c1c(F)cccc1F)CC2. The van der Waals surface area contributed by atoms with Crippen molar-refractivity contribution in [3.05, 3.63) is 93.5 Å². The van der Waals surface area contributed by atoms with E-state index < -0.39 is 29.1 Å². The van der Waals surface area contributed by atoms with Crippen molar-refractivity contribution in [2.45, 2.75) is 12.5 Å². The number of rotatable bonds is 4. The molecule has 0 aromatic heterocycles. The van der Waals surface area contributed by atoms with Gasteiger partial charge in [-0.25, -0.2) is 8.78 Å². The largest absolute Gasteiger partial charge is 0.493 e. The van der Waals surface area contributed by atoms with Gasteiger partial charge in [-0.1, -0.05) is 35.9 Å². The highest BCUT2D eigenvalue weighted by Gasteiger charge is 2.36. The summed E-state index contributed by atoms with van der Waals surface area (Å²) in [5, 5.41) is 0.446. The third-order valence-electron chi connectivity index (χ3n) is 5.51. The maximum atomic E-state index is 14.4. The minimum absolute atomic E-state index is 0.255. The number of nitrogens with zero attached hydrogens (tertiary/aromatic N) is 1. The number of fused-ring (bicyclic) bond motifs is 1. The summed E-state index contributed by atoms with van der Waals surface area (Å²) in [5.41, 5.74) is 1.79. The molecule has 160 valence electrons. The third kappa shape index (κ3) is 3.72. The third-order valence-corrected chi connectivity index (χ3v) is 5.86. The molecule has 0 unspecified atom stereocenters. The molecule has 4 rings (SSSR count). The Bertz CT molecular complexity index is 1130. The van der Waals surface area contributed by atoms with E-state index in [1.165, 1.54) is 18.1 Å². The van der Waals surface area contributed by atoms with Crippen LogP contribution in [0.3, 0.4) is 0 Å². The van der Waals surface area contributed by atoms with Crippen LogP contribution in [0.4, 0.5) is 8.78 Å². The van der Waals surface area contributed by atoms with Crippen molar-refractivity contribution >= 4 is 17.5 Å². The minimum atomic E-state index is -0.902. The zero-order valence-corrected chi connectivity index (χ0v) is 17.7. The Labute approximate surface area is 184 Å². The summed E-state index contributed by atoms with van der Waals surface area (Å²) >= 11 is 6.49. The number of carbonyl (C=O) groups excluding carboxylic acids is 1. The van der Waals surface area contributed by atoms with Gasteiger partial charge in [-0.3, -0.25) is 4.79 Å². The zero-order valence-electron chi connectivity index (χ0n) is 17.0. The predicted molar refractivity (Wildman–Crippen MR) is 114 cm³/mol. The molecule has 7 heteroatoms. The second kappa shape index (κ2) is 8.55. The molecule has 31 heavy (non-hydrogen) atoms. The van der Waals surface area contributed by atoms with Crippen molar-refractivity contribution in [3.63, 3.8) is 0 Å². The van der Waals surface area contributed by atoms with Gasteiger partial charge in [0.25, 0.3) is 5.91 Å². The van der Waals surface area contributed by atoms with Gasteiger partial charge in [0.15, 0.2) is 11.5 Å². The van der Waals surface area contributed by atoms with Crippen LogP contribution in [0.15, 0.2) is 54.6 Å². The molecule has 0 N–H and O–H groups in total. The minimum Gasteiger partial charge on any atom is -0.493 e. The van der Waals surface area contributed by atoms with Crippen LogP contribution in [0.25, 0.3) is 0 Å². The number of halogens is 3. The van der Waals surface area contributed by atoms with Crippen LogP contribution in [-0.4, -0.2) is 31.6 Å². The first-order valence-electron chi connectivity index (χ1n) is 9.70. The Morgan fingerprint density at radius 3 is 2.26 bits per heavy atom. The van der Waals surface area contributed by atoms with Crippen molar-refractivity contribution in [2.75, 3.05) is 20.8 Å². The van der Waals surface area contributed by atoms with Crippen LogP contribution in [0.1, 0.15) is 33.1 Å². The lowest BCUT2D eigenvalue weighted by Gasteiger charge is -2.38. The standard InChI is InChI=1S/C24H20ClF2NO3/c1-30-20-12-14-10-11-28(24(29)22-18(26)8-5-9-19(22)27)23(16(14)13-21(20)31-2)15-6-3-4-7-17(15)25/h3-9,12-13,23H,10-11H2,1-2H3/t23-/m0/s1. The highest BCUT2D eigenvalue weighted by Crippen LogP contribution is 2.43. The van der Waals surface area contributed by atoms with E-state index in [1.54, 1.807) is 31.4 Å². The smallest absolute Gasteiger partial charge is 0.260 e. The van der Waals surface area contributed by atoms with Crippen LogP contribution >= 0.6 is 11.6 Å². The maximum Gasteiger partial charge on any atom is 0.260 e. The number of hydrogen-bond acceptors (Lipinski definition) is 3. The molecular formula is C24H20ClF2NO3. The Morgan fingerprint density at radius 1 is 0.968 bits per heavy atom. The van der Waals surface area contributed by atoms with E-state index in [0.29, 0.717) is 28.5 Å². The second-order valence-electron chi connectivity index (χ2n) is 7.18. The zero-order chi connectivity index (χ0) is 22.1. The molecule has 1 atom stereocenters. The average Bonchev–Trinajstić information content (AvgIpc) is 2.77. The lowest BCUT2D eigenvalue weighted by molar-refractivity contribution is 0.0684. The van der Waals surface area contributed by atoms with Crippen molar-refractivity contribution < 1.29 is 23.0 Å². The summed E-state index contributed by atoms with van der Waals surface area (Å²) in [5.74, 6) is -1.48. The van der Waals surface area contributed by atoms with Gasteiger partial charge in [-0.05, 0) is 53.4 Å². The summed E-state index contributed by atoms with van der Waals surface area (Å²) in [6.45, 7) is 0.255. The van der Waals surface area contributed by atoms with Crippen molar-refractivity contribution in [1.29, 1.82) is 0 Å². The van der Waals surface area contributed by atoms with Crippen LogP contribution in [0.5, 0.6) is 11.5 Å². The molecule has 1 aliphatic heterocycles. The first-order valence-corrected chi connectivity index (χ1v) is 10.1. The topological polar surface area (TPSA) is 38.8 Å². The second-order valence-corrected chi connectivity index (χ2v) is 7.58. The number of benzene rings is 3. The number of carbonyl (C=O) groups is 1. The van der Waals surface area contributed by atoms with Crippen molar-refractivity contribution in [3.8, 4) is 11.5 Å². The molecule has 0 saturated carbocycles. The highest BCUT2D eigenvalue weighted by molar-refractivity contribution is 6.31. The van der Waals surface area contributed by atoms with E-state index in [9.17, 15) is 13.6 Å². The fraction of sp³-hybridized carbons (Fsp3) is 0.208. The summed E-state index contributed by atoms with van der Waals surface area (Å²) in [6.07, 6.45) is 0.485. The van der Waals surface area contributed by atoms with Crippen LogP contribution in [-0.2, 0) is 6.42 Å². The molecule has 0 saturated heterocycles. The molecule has 1 aliphatic rings. The fourth-order valence-corrected chi connectivity index (χ4v) is 4.28. The van der Waals surface area contributed by atoms with Crippen molar-refractivity contribution in [1.82, 2.24) is 4.90 Å². The summed E-state index contributed by atoms with van der Waals surface area (Å²) < 4.78 is 39.7. The van der Waals surface area contributed by atoms with Gasteiger partial charge >= 0.3 is 0 Å². The Kier molecular flexibility index (Phi) is 5.83. The van der Waals surface area contributed by atoms with Gasteiger partial charge in [0.05, 0.1) is 20.3 Å². The number of methoxy groups -OCH3 is 2. The van der Waals surface area contributed by atoms with E-state index in [1.807, 2.05) is 12.1 Å². The molecular weight excluding hydrogens is 424 g/mol. The van der Waals surface area contributed by atoms with Gasteiger partial charge < -0.3 is 14.4 Å².